The van der Waals surface area contributed by atoms with Gasteiger partial charge in [-0.05, 0) is 82.9 Å². The molecule has 0 atom stereocenters. The van der Waals surface area contributed by atoms with E-state index in [0.29, 0.717) is 24.7 Å². The van der Waals surface area contributed by atoms with Crippen LogP contribution in [-0.4, -0.2) is 6.61 Å². The normalized spacial score (nSPS) is 10.7. The summed E-state index contributed by atoms with van der Waals surface area (Å²) in [7, 11) is 0. The van der Waals surface area contributed by atoms with Crippen molar-refractivity contribution in [2.45, 2.75) is 27.0 Å². The molecule has 3 aromatic carbocycles. The lowest BCUT2D eigenvalue weighted by Gasteiger charge is -2.16. The van der Waals surface area contributed by atoms with Crippen LogP contribution in [0.2, 0.25) is 5.02 Å². The fourth-order valence-electron chi connectivity index (χ4n) is 2.82. The van der Waals surface area contributed by atoms with Gasteiger partial charge in [-0.2, -0.15) is 0 Å². The Morgan fingerprint density at radius 1 is 1.03 bits per heavy atom. The zero-order valence-electron chi connectivity index (χ0n) is 16.3. The molecule has 0 aromatic heterocycles. The minimum atomic E-state index is -0.284. The first-order chi connectivity index (χ1) is 14.0. The van der Waals surface area contributed by atoms with Crippen LogP contribution >= 0.6 is 27.5 Å². The average Bonchev–Trinajstić information content (AvgIpc) is 2.68. The number of ether oxygens (including phenoxy) is 2. The topological polar surface area (TPSA) is 30.5 Å². The predicted octanol–water partition coefficient (Wildman–Crippen LogP) is 7.14. The van der Waals surface area contributed by atoms with Crippen LogP contribution < -0.4 is 14.8 Å². The molecule has 29 heavy (non-hydrogen) atoms. The van der Waals surface area contributed by atoms with Gasteiger partial charge in [0.25, 0.3) is 0 Å². The molecule has 6 heteroatoms. The van der Waals surface area contributed by atoms with E-state index in [0.717, 1.165) is 31.9 Å². The Hall–Kier alpha value is -2.24. The van der Waals surface area contributed by atoms with Crippen molar-refractivity contribution in [3.05, 3.63) is 86.6 Å². The van der Waals surface area contributed by atoms with Gasteiger partial charge >= 0.3 is 0 Å². The van der Waals surface area contributed by atoms with Crippen LogP contribution in [0.15, 0.2) is 59.1 Å². The largest absolute Gasteiger partial charge is 0.490 e. The number of aryl methyl sites for hydroxylation is 1. The zero-order chi connectivity index (χ0) is 20.8. The molecular weight excluding hydrogens is 457 g/mol. The number of anilines is 1. The minimum Gasteiger partial charge on any atom is -0.490 e. The summed E-state index contributed by atoms with van der Waals surface area (Å²) in [5, 5.41) is 4.09. The Morgan fingerprint density at radius 3 is 2.59 bits per heavy atom. The first kappa shape index (κ1) is 21.5. The molecule has 0 radical (unpaired) electrons. The van der Waals surface area contributed by atoms with Crippen LogP contribution in [0.5, 0.6) is 11.5 Å². The summed E-state index contributed by atoms with van der Waals surface area (Å²) < 4.78 is 25.9. The van der Waals surface area contributed by atoms with E-state index in [4.69, 9.17) is 21.1 Å². The smallest absolute Gasteiger partial charge is 0.175 e. The number of hydrogen-bond acceptors (Lipinski definition) is 3. The third-order valence-corrected chi connectivity index (χ3v) is 5.31. The zero-order valence-corrected chi connectivity index (χ0v) is 18.6. The van der Waals surface area contributed by atoms with Crippen molar-refractivity contribution in [2.75, 3.05) is 11.9 Å². The van der Waals surface area contributed by atoms with Crippen LogP contribution in [0, 0.1) is 12.7 Å². The Bertz CT molecular complexity index is 997. The van der Waals surface area contributed by atoms with Crippen molar-refractivity contribution in [1.82, 2.24) is 0 Å². The highest BCUT2D eigenvalue weighted by Crippen LogP contribution is 2.37. The lowest BCUT2D eigenvalue weighted by Crippen LogP contribution is -2.04. The first-order valence-electron chi connectivity index (χ1n) is 9.28. The standard InChI is InChI=1S/C23H22BrClFNO2/c1-3-28-22-11-17(13-27-19-8-7-15(2)21(25)12-19)10-20(24)23(22)29-14-16-5-4-6-18(26)9-16/h4-12,27H,3,13-14H2,1-2H3. The van der Waals surface area contributed by atoms with E-state index in [1.807, 2.05) is 50.2 Å². The van der Waals surface area contributed by atoms with Crippen molar-refractivity contribution < 1.29 is 13.9 Å². The SMILES string of the molecule is CCOc1cc(CNc2ccc(C)c(Cl)c2)cc(Br)c1OCc1cccc(F)c1. The van der Waals surface area contributed by atoms with Gasteiger partial charge in [-0.3, -0.25) is 0 Å². The lowest BCUT2D eigenvalue weighted by atomic mass is 10.1. The van der Waals surface area contributed by atoms with Gasteiger partial charge in [-0.25, -0.2) is 4.39 Å². The maximum Gasteiger partial charge on any atom is 0.175 e. The summed E-state index contributed by atoms with van der Waals surface area (Å²) in [6.45, 7) is 5.25. The number of rotatable bonds is 8. The number of hydrogen-bond donors (Lipinski definition) is 1. The molecule has 3 rings (SSSR count). The summed E-state index contributed by atoms with van der Waals surface area (Å²) in [6.07, 6.45) is 0. The first-order valence-corrected chi connectivity index (χ1v) is 10.5. The van der Waals surface area contributed by atoms with Gasteiger partial charge in [0.1, 0.15) is 12.4 Å². The van der Waals surface area contributed by atoms with Crippen LogP contribution in [0.3, 0.4) is 0 Å². The van der Waals surface area contributed by atoms with Crippen LogP contribution in [0.25, 0.3) is 0 Å². The summed E-state index contributed by atoms with van der Waals surface area (Å²) in [4.78, 5) is 0. The Morgan fingerprint density at radius 2 is 1.86 bits per heavy atom. The molecule has 3 aromatic rings. The summed E-state index contributed by atoms with van der Waals surface area (Å²) >= 11 is 9.77. The molecule has 0 aliphatic rings. The maximum atomic E-state index is 13.4. The van der Waals surface area contributed by atoms with Gasteiger partial charge in [-0.15, -0.1) is 0 Å². The third-order valence-electron chi connectivity index (χ3n) is 4.31. The second-order valence-corrected chi connectivity index (χ2v) is 7.84. The van der Waals surface area contributed by atoms with E-state index >= 15 is 0 Å². The van der Waals surface area contributed by atoms with E-state index in [-0.39, 0.29) is 12.4 Å². The van der Waals surface area contributed by atoms with Crippen LogP contribution in [0.1, 0.15) is 23.6 Å². The maximum absolute atomic E-state index is 13.4. The molecule has 0 unspecified atom stereocenters. The Kier molecular flexibility index (Phi) is 7.40. The highest BCUT2D eigenvalue weighted by molar-refractivity contribution is 9.10. The minimum absolute atomic E-state index is 0.246. The van der Waals surface area contributed by atoms with Crippen molar-refractivity contribution in [3.63, 3.8) is 0 Å². The van der Waals surface area contributed by atoms with Gasteiger partial charge in [0.2, 0.25) is 0 Å². The summed E-state index contributed by atoms with van der Waals surface area (Å²) in [5.74, 6) is 0.947. The van der Waals surface area contributed by atoms with Crippen LogP contribution in [0.4, 0.5) is 10.1 Å². The lowest BCUT2D eigenvalue weighted by molar-refractivity contribution is 0.267. The van der Waals surface area contributed by atoms with E-state index in [9.17, 15) is 4.39 Å². The quantitative estimate of drug-likeness (QED) is 0.373. The number of nitrogens with one attached hydrogen (secondary N) is 1. The van der Waals surface area contributed by atoms with Gasteiger partial charge in [-0.1, -0.05) is 29.8 Å². The molecule has 0 aliphatic carbocycles. The number of halogens is 3. The molecule has 3 nitrogen and oxygen atoms in total. The van der Waals surface area contributed by atoms with E-state index in [1.165, 1.54) is 12.1 Å². The average molecular weight is 479 g/mol. The molecule has 0 amide bonds. The van der Waals surface area contributed by atoms with Gasteiger partial charge in [0.15, 0.2) is 11.5 Å². The van der Waals surface area contributed by atoms with Gasteiger partial charge in [0, 0.05) is 17.3 Å². The molecule has 0 saturated heterocycles. The fourth-order valence-corrected chi connectivity index (χ4v) is 3.60. The summed E-state index contributed by atoms with van der Waals surface area (Å²) in [6, 6.07) is 16.2. The molecular formula is C23H22BrClFNO2. The molecule has 152 valence electrons. The van der Waals surface area contributed by atoms with Crippen molar-refractivity contribution in [1.29, 1.82) is 0 Å². The second kappa shape index (κ2) is 9.99. The van der Waals surface area contributed by atoms with E-state index in [1.54, 1.807) is 6.07 Å². The Labute approximate surface area is 183 Å². The monoisotopic (exact) mass is 477 g/mol. The highest BCUT2D eigenvalue weighted by Gasteiger charge is 2.13. The second-order valence-electron chi connectivity index (χ2n) is 6.57. The van der Waals surface area contributed by atoms with Crippen molar-refractivity contribution in [3.8, 4) is 11.5 Å². The molecule has 0 spiro atoms. The third kappa shape index (κ3) is 5.87. The van der Waals surface area contributed by atoms with Crippen molar-refractivity contribution in [2.24, 2.45) is 0 Å². The molecule has 0 bridgehead atoms. The Balaban J connectivity index is 1.75. The molecule has 0 heterocycles. The molecule has 0 aliphatic heterocycles. The predicted molar refractivity (Wildman–Crippen MR) is 120 cm³/mol. The fraction of sp³-hybridized carbons (Fsp3) is 0.217. The van der Waals surface area contributed by atoms with Crippen LogP contribution in [-0.2, 0) is 13.2 Å². The van der Waals surface area contributed by atoms with E-state index < -0.39 is 0 Å². The molecule has 1 N–H and O–H groups in total. The van der Waals surface area contributed by atoms with Gasteiger partial charge in [0.05, 0.1) is 11.1 Å². The van der Waals surface area contributed by atoms with Gasteiger partial charge < -0.3 is 14.8 Å². The molecule has 0 saturated carbocycles. The highest BCUT2D eigenvalue weighted by atomic mass is 79.9. The number of benzene rings is 3. The van der Waals surface area contributed by atoms with E-state index in [2.05, 4.69) is 21.2 Å². The summed E-state index contributed by atoms with van der Waals surface area (Å²) in [5.41, 5.74) is 3.76. The van der Waals surface area contributed by atoms with Crippen molar-refractivity contribution >= 4 is 33.2 Å². The molecule has 0 fully saturated rings.